The van der Waals surface area contributed by atoms with Gasteiger partial charge in [0.15, 0.2) is 0 Å². The van der Waals surface area contributed by atoms with Gasteiger partial charge in [-0.1, -0.05) is 31.4 Å². The molecule has 0 bridgehead atoms. The second-order valence-corrected chi connectivity index (χ2v) is 7.01. The van der Waals surface area contributed by atoms with Crippen molar-refractivity contribution < 1.29 is 4.74 Å². The lowest BCUT2D eigenvalue weighted by molar-refractivity contribution is 0.303. The average molecular weight is 308 g/mol. The van der Waals surface area contributed by atoms with Gasteiger partial charge in [-0.2, -0.15) is 0 Å². The highest BCUT2D eigenvalue weighted by Gasteiger charge is 2.34. The Balaban J connectivity index is 1.57. The van der Waals surface area contributed by atoms with Crippen LogP contribution >= 0.6 is 11.6 Å². The summed E-state index contributed by atoms with van der Waals surface area (Å²) in [6, 6.07) is 6.70. The molecule has 2 aliphatic rings. The third kappa shape index (κ3) is 4.06. The van der Waals surface area contributed by atoms with Crippen molar-refractivity contribution in [1.29, 1.82) is 0 Å². The van der Waals surface area contributed by atoms with Gasteiger partial charge in [0.1, 0.15) is 5.75 Å². The summed E-state index contributed by atoms with van der Waals surface area (Å²) in [5.74, 6) is 2.78. The van der Waals surface area contributed by atoms with E-state index in [2.05, 4.69) is 18.3 Å². The molecule has 2 atom stereocenters. The van der Waals surface area contributed by atoms with Crippen molar-refractivity contribution in [2.45, 2.75) is 57.9 Å². The van der Waals surface area contributed by atoms with Gasteiger partial charge in [0.25, 0.3) is 0 Å². The highest BCUT2D eigenvalue weighted by Crippen LogP contribution is 2.44. The predicted molar refractivity (Wildman–Crippen MR) is 89.3 cm³/mol. The van der Waals surface area contributed by atoms with Gasteiger partial charge in [0.2, 0.25) is 0 Å². The molecule has 0 heterocycles. The first-order valence-corrected chi connectivity index (χ1v) is 8.83. The third-order valence-electron chi connectivity index (χ3n) is 4.77. The second kappa shape index (κ2) is 6.91. The Morgan fingerprint density at radius 1 is 1.19 bits per heavy atom. The molecule has 1 aromatic rings. The fourth-order valence-electron chi connectivity index (χ4n) is 3.51. The summed E-state index contributed by atoms with van der Waals surface area (Å²) in [5.41, 5.74) is 1.13. The molecule has 2 nitrogen and oxygen atoms in total. The molecule has 1 aromatic carbocycles. The van der Waals surface area contributed by atoms with Crippen LogP contribution in [0, 0.1) is 11.8 Å². The number of halogens is 1. The van der Waals surface area contributed by atoms with Gasteiger partial charge in [-0.15, -0.1) is 0 Å². The van der Waals surface area contributed by atoms with Crippen molar-refractivity contribution in [3.8, 4) is 5.75 Å². The van der Waals surface area contributed by atoms with Crippen LogP contribution in [0.1, 0.15) is 51.9 Å². The number of hydrogen-bond acceptors (Lipinski definition) is 2. The maximum atomic E-state index is 6.31. The molecule has 116 valence electrons. The standard InChI is InChI=1S/C18H26ClNO/c1-2-10-21-18-9-8-16(12-17(18)19)20-15-5-3-4-14(11-15)13-6-7-13/h8-9,12-15,20H,2-7,10-11H2,1H3. The topological polar surface area (TPSA) is 21.3 Å². The van der Waals surface area contributed by atoms with E-state index in [1.165, 1.54) is 38.5 Å². The second-order valence-electron chi connectivity index (χ2n) is 6.60. The highest BCUT2D eigenvalue weighted by molar-refractivity contribution is 6.32. The number of ether oxygens (including phenoxy) is 1. The van der Waals surface area contributed by atoms with Crippen molar-refractivity contribution in [3.05, 3.63) is 23.2 Å². The van der Waals surface area contributed by atoms with Gasteiger partial charge in [-0.3, -0.25) is 0 Å². The Morgan fingerprint density at radius 3 is 2.76 bits per heavy atom. The first kappa shape index (κ1) is 15.0. The fourth-order valence-corrected chi connectivity index (χ4v) is 3.74. The Labute approximate surface area is 133 Å². The summed E-state index contributed by atoms with van der Waals surface area (Å²) in [5, 5.41) is 4.39. The van der Waals surface area contributed by atoms with Crippen molar-refractivity contribution in [3.63, 3.8) is 0 Å². The largest absolute Gasteiger partial charge is 0.492 e. The molecule has 0 aromatic heterocycles. The van der Waals surface area contributed by atoms with E-state index in [0.29, 0.717) is 11.1 Å². The smallest absolute Gasteiger partial charge is 0.138 e. The van der Waals surface area contributed by atoms with Crippen molar-refractivity contribution >= 4 is 17.3 Å². The molecule has 2 saturated carbocycles. The SMILES string of the molecule is CCCOc1ccc(NC2CCCC(C3CC3)C2)cc1Cl. The van der Waals surface area contributed by atoms with E-state index < -0.39 is 0 Å². The van der Waals surface area contributed by atoms with Gasteiger partial charge in [0, 0.05) is 11.7 Å². The Morgan fingerprint density at radius 2 is 2.05 bits per heavy atom. The summed E-state index contributed by atoms with van der Waals surface area (Å²) < 4.78 is 5.63. The number of rotatable bonds is 6. The van der Waals surface area contributed by atoms with E-state index in [1.54, 1.807) is 0 Å². The molecule has 3 rings (SSSR count). The lowest BCUT2D eigenvalue weighted by Gasteiger charge is -2.30. The van der Waals surface area contributed by atoms with Gasteiger partial charge in [-0.05, 0) is 62.1 Å². The van der Waals surface area contributed by atoms with Gasteiger partial charge in [-0.25, -0.2) is 0 Å². The van der Waals surface area contributed by atoms with Crippen LogP contribution in [-0.2, 0) is 0 Å². The van der Waals surface area contributed by atoms with Crippen LogP contribution in [0.15, 0.2) is 18.2 Å². The summed E-state index contributed by atoms with van der Waals surface area (Å²) in [7, 11) is 0. The molecule has 0 amide bonds. The highest BCUT2D eigenvalue weighted by atomic mass is 35.5. The number of benzene rings is 1. The first-order valence-electron chi connectivity index (χ1n) is 8.45. The van der Waals surface area contributed by atoms with Crippen LogP contribution < -0.4 is 10.1 Å². The zero-order chi connectivity index (χ0) is 14.7. The van der Waals surface area contributed by atoms with Crippen molar-refractivity contribution in [2.75, 3.05) is 11.9 Å². The van der Waals surface area contributed by atoms with E-state index in [0.717, 1.165) is 36.3 Å². The van der Waals surface area contributed by atoms with Crippen LogP contribution in [0.25, 0.3) is 0 Å². The number of hydrogen-bond donors (Lipinski definition) is 1. The molecule has 0 radical (unpaired) electrons. The normalized spacial score (nSPS) is 25.6. The molecule has 1 N–H and O–H groups in total. The van der Waals surface area contributed by atoms with Crippen LogP contribution in [0.5, 0.6) is 5.75 Å². The number of nitrogens with one attached hydrogen (secondary N) is 1. The summed E-state index contributed by atoms with van der Waals surface area (Å²) >= 11 is 6.31. The summed E-state index contributed by atoms with van der Waals surface area (Å²) in [6.07, 6.45) is 9.35. The summed E-state index contributed by atoms with van der Waals surface area (Å²) in [4.78, 5) is 0. The van der Waals surface area contributed by atoms with Crippen molar-refractivity contribution in [2.24, 2.45) is 11.8 Å². The van der Waals surface area contributed by atoms with Crippen LogP contribution in [0.4, 0.5) is 5.69 Å². The van der Waals surface area contributed by atoms with Crippen LogP contribution in [-0.4, -0.2) is 12.6 Å². The minimum Gasteiger partial charge on any atom is -0.492 e. The average Bonchev–Trinajstić information content (AvgIpc) is 3.31. The molecular weight excluding hydrogens is 282 g/mol. The van der Waals surface area contributed by atoms with Gasteiger partial charge >= 0.3 is 0 Å². The minimum atomic E-state index is 0.614. The minimum absolute atomic E-state index is 0.614. The van der Waals surface area contributed by atoms with Crippen LogP contribution in [0.2, 0.25) is 5.02 Å². The fraction of sp³-hybridized carbons (Fsp3) is 0.667. The Bertz CT molecular complexity index is 472. The monoisotopic (exact) mass is 307 g/mol. The quantitative estimate of drug-likeness (QED) is 0.748. The molecule has 0 saturated heterocycles. The molecule has 2 aliphatic carbocycles. The van der Waals surface area contributed by atoms with Gasteiger partial charge < -0.3 is 10.1 Å². The predicted octanol–water partition coefficient (Wildman–Crippen LogP) is 5.51. The zero-order valence-corrected chi connectivity index (χ0v) is 13.7. The van der Waals surface area contributed by atoms with Crippen molar-refractivity contribution in [1.82, 2.24) is 0 Å². The maximum Gasteiger partial charge on any atom is 0.138 e. The van der Waals surface area contributed by atoms with E-state index in [1.807, 2.05) is 12.1 Å². The Kier molecular flexibility index (Phi) is 4.95. The number of anilines is 1. The first-order chi connectivity index (χ1) is 10.3. The molecule has 2 unspecified atom stereocenters. The van der Waals surface area contributed by atoms with Crippen LogP contribution in [0.3, 0.4) is 0 Å². The summed E-state index contributed by atoms with van der Waals surface area (Å²) in [6.45, 7) is 2.82. The van der Waals surface area contributed by atoms with Gasteiger partial charge in [0.05, 0.1) is 11.6 Å². The molecular formula is C18H26ClNO. The molecule has 0 aliphatic heterocycles. The zero-order valence-electron chi connectivity index (χ0n) is 12.9. The van der Waals surface area contributed by atoms with E-state index in [4.69, 9.17) is 16.3 Å². The lowest BCUT2D eigenvalue weighted by Crippen LogP contribution is -2.28. The molecule has 3 heteroatoms. The van der Waals surface area contributed by atoms with E-state index in [-0.39, 0.29) is 0 Å². The van der Waals surface area contributed by atoms with E-state index >= 15 is 0 Å². The molecule has 2 fully saturated rings. The molecule has 0 spiro atoms. The Hall–Kier alpha value is -0.890. The van der Waals surface area contributed by atoms with E-state index in [9.17, 15) is 0 Å². The lowest BCUT2D eigenvalue weighted by atomic mass is 9.82. The molecule has 21 heavy (non-hydrogen) atoms. The maximum absolute atomic E-state index is 6.31. The third-order valence-corrected chi connectivity index (χ3v) is 5.06.